The third kappa shape index (κ3) is 3.75. The Bertz CT molecular complexity index is 613. The third-order valence-electron chi connectivity index (χ3n) is 3.60. The first-order valence-electron chi connectivity index (χ1n) is 7.08. The predicted molar refractivity (Wildman–Crippen MR) is 79.8 cm³/mol. The van der Waals surface area contributed by atoms with Crippen LogP contribution in [0.3, 0.4) is 0 Å². The molecule has 0 aromatic heterocycles. The largest absolute Gasteiger partial charge is 0.495 e. The van der Waals surface area contributed by atoms with Crippen molar-refractivity contribution in [1.29, 1.82) is 0 Å². The lowest BCUT2D eigenvalue weighted by molar-refractivity contribution is 0.103. The summed E-state index contributed by atoms with van der Waals surface area (Å²) in [5, 5.41) is 9.38. The van der Waals surface area contributed by atoms with E-state index in [4.69, 9.17) is 4.74 Å². The van der Waals surface area contributed by atoms with Crippen LogP contribution < -0.4 is 4.74 Å². The Kier molecular flexibility index (Phi) is 5.38. The Hall–Kier alpha value is -1.22. The minimum atomic E-state index is -3.80. The molecular formula is C14H21FN2O4S. The molecule has 0 saturated carbocycles. The van der Waals surface area contributed by atoms with Crippen molar-refractivity contribution in [1.82, 2.24) is 9.21 Å². The van der Waals surface area contributed by atoms with Gasteiger partial charge < -0.3 is 9.84 Å². The number of halogens is 1. The van der Waals surface area contributed by atoms with Gasteiger partial charge in [-0.15, -0.1) is 0 Å². The van der Waals surface area contributed by atoms with E-state index in [1.165, 1.54) is 23.5 Å². The Morgan fingerprint density at radius 2 is 1.95 bits per heavy atom. The SMILES string of the molecule is COc1ccc(F)cc1S(=O)(=O)N1CCN(CC(C)O)CC1. The minimum Gasteiger partial charge on any atom is -0.495 e. The molecule has 0 bridgehead atoms. The summed E-state index contributed by atoms with van der Waals surface area (Å²) >= 11 is 0. The highest BCUT2D eigenvalue weighted by Gasteiger charge is 2.31. The van der Waals surface area contributed by atoms with Crippen molar-refractivity contribution < 1.29 is 22.7 Å². The van der Waals surface area contributed by atoms with Crippen LogP contribution in [0.1, 0.15) is 6.92 Å². The molecule has 1 aliphatic heterocycles. The fourth-order valence-corrected chi connectivity index (χ4v) is 4.11. The number of aliphatic hydroxyl groups is 1. The molecule has 2 rings (SSSR count). The minimum absolute atomic E-state index is 0.132. The second-order valence-electron chi connectivity index (χ2n) is 5.35. The van der Waals surface area contributed by atoms with Gasteiger partial charge in [-0.2, -0.15) is 4.31 Å². The van der Waals surface area contributed by atoms with Gasteiger partial charge in [0.1, 0.15) is 16.5 Å². The van der Waals surface area contributed by atoms with Crippen LogP contribution in [0.5, 0.6) is 5.75 Å². The zero-order valence-corrected chi connectivity index (χ0v) is 13.5. The molecule has 0 aliphatic carbocycles. The van der Waals surface area contributed by atoms with Crippen molar-refractivity contribution in [3.63, 3.8) is 0 Å². The molecule has 22 heavy (non-hydrogen) atoms. The number of ether oxygens (including phenoxy) is 1. The summed E-state index contributed by atoms with van der Waals surface area (Å²) in [6.07, 6.45) is -0.452. The lowest BCUT2D eigenvalue weighted by Crippen LogP contribution is -2.50. The zero-order valence-electron chi connectivity index (χ0n) is 12.7. The van der Waals surface area contributed by atoms with Crippen molar-refractivity contribution in [2.75, 3.05) is 39.8 Å². The summed E-state index contributed by atoms with van der Waals surface area (Å²) in [6, 6.07) is 3.46. The van der Waals surface area contributed by atoms with Crippen molar-refractivity contribution >= 4 is 10.0 Å². The fourth-order valence-electron chi connectivity index (χ4n) is 2.52. The van der Waals surface area contributed by atoms with Gasteiger partial charge in [0.2, 0.25) is 10.0 Å². The first kappa shape index (κ1) is 17.1. The van der Waals surface area contributed by atoms with E-state index in [2.05, 4.69) is 0 Å². The maximum atomic E-state index is 13.4. The van der Waals surface area contributed by atoms with E-state index in [9.17, 15) is 17.9 Å². The number of sulfonamides is 1. The van der Waals surface area contributed by atoms with E-state index in [-0.39, 0.29) is 10.6 Å². The van der Waals surface area contributed by atoms with Gasteiger partial charge in [-0.1, -0.05) is 0 Å². The van der Waals surface area contributed by atoms with Gasteiger partial charge in [0.25, 0.3) is 0 Å². The maximum Gasteiger partial charge on any atom is 0.246 e. The number of piperazine rings is 1. The van der Waals surface area contributed by atoms with Crippen LogP contribution in [0.25, 0.3) is 0 Å². The molecule has 124 valence electrons. The average molecular weight is 332 g/mol. The van der Waals surface area contributed by atoms with Gasteiger partial charge in [-0.3, -0.25) is 4.90 Å². The highest BCUT2D eigenvalue weighted by molar-refractivity contribution is 7.89. The van der Waals surface area contributed by atoms with Crippen LogP contribution >= 0.6 is 0 Å². The lowest BCUT2D eigenvalue weighted by atomic mass is 10.3. The van der Waals surface area contributed by atoms with Crippen molar-refractivity contribution in [3.8, 4) is 5.75 Å². The van der Waals surface area contributed by atoms with Crippen LogP contribution in [0.2, 0.25) is 0 Å². The topological polar surface area (TPSA) is 70.1 Å². The molecule has 0 amide bonds. The first-order chi connectivity index (χ1) is 10.3. The first-order valence-corrected chi connectivity index (χ1v) is 8.52. The van der Waals surface area contributed by atoms with E-state index >= 15 is 0 Å². The molecule has 1 saturated heterocycles. The summed E-state index contributed by atoms with van der Waals surface area (Å²) in [5.74, 6) is -0.486. The molecule has 6 nitrogen and oxygen atoms in total. The standard InChI is InChI=1S/C14H21FN2O4S/c1-11(18)10-16-5-7-17(8-6-16)22(19,20)14-9-12(15)3-4-13(14)21-2/h3-4,9,11,18H,5-8,10H2,1-2H3. The fraction of sp³-hybridized carbons (Fsp3) is 0.571. The quantitative estimate of drug-likeness (QED) is 0.851. The number of benzene rings is 1. The van der Waals surface area contributed by atoms with Gasteiger partial charge in [0.05, 0.1) is 13.2 Å². The van der Waals surface area contributed by atoms with E-state index in [1.54, 1.807) is 6.92 Å². The molecule has 0 spiro atoms. The Morgan fingerprint density at radius 3 is 2.50 bits per heavy atom. The lowest BCUT2D eigenvalue weighted by Gasteiger charge is -2.34. The van der Waals surface area contributed by atoms with Gasteiger partial charge in [0, 0.05) is 32.7 Å². The molecule has 1 aliphatic rings. The third-order valence-corrected chi connectivity index (χ3v) is 5.52. The average Bonchev–Trinajstić information content (AvgIpc) is 2.47. The van der Waals surface area contributed by atoms with Crippen LogP contribution in [0.15, 0.2) is 23.1 Å². The number of aliphatic hydroxyl groups excluding tert-OH is 1. The number of hydrogen-bond acceptors (Lipinski definition) is 5. The number of nitrogens with zero attached hydrogens (tertiary/aromatic N) is 2. The molecule has 1 fully saturated rings. The summed E-state index contributed by atoms with van der Waals surface area (Å²) in [6.45, 7) is 3.87. The molecule has 1 atom stereocenters. The number of methoxy groups -OCH3 is 1. The molecular weight excluding hydrogens is 311 g/mol. The van der Waals surface area contributed by atoms with Crippen molar-refractivity contribution in [2.45, 2.75) is 17.9 Å². The van der Waals surface area contributed by atoms with E-state index in [1.807, 2.05) is 4.90 Å². The van der Waals surface area contributed by atoms with E-state index in [0.717, 1.165) is 6.07 Å². The molecule has 1 aromatic rings. The molecule has 1 N–H and O–H groups in total. The predicted octanol–water partition coefficient (Wildman–Crippen LogP) is 0.521. The van der Waals surface area contributed by atoms with Gasteiger partial charge in [-0.05, 0) is 25.1 Å². The van der Waals surface area contributed by atoms with E-state index in [0.29, 0.717) is 32.7 Å². The van der Waals surface area contributed by atoms with E-state index < -0.39 is 21.9 Å². The molecule has 1 unspecified atom stereocenters. The zero-order chi connectivity index (χ0) is 16.3. The van der Waals surface area contributed by atoms with Crippen molar-refractivity contribution in [2.24, 2.45) is 0 Å². The smallest absolute Gasteiger partial charge is 0.246 e. The van der Waals surface area contributed by atoms with Gasteiger partial charge >= 0.3 is 0 Å². The number of rotatable bonds is 5. The number of β-amino-alcohol motifs (C(OH)–C–C–N with tert-alkyl or cyclic N) is 1. The van der Waals surface area contributed by atoms with Crippen LogP contribution in [-0.4, -0.2) is 68.7 Å². The molecule has 1 heterocycles. The van der Waals surface area contributed by atoms with Crippen molar-refractivity contribution in [3.05, 3.63) is 24.0 Å². The second-order valence-corrected chi connectivity index (χ2v) is 7.26. The molecule has 1 aromatic carbocycles. The Balaban J connectivity index is 2.17. The Morgan fingerprint density at radius 1 is 1.32 bits per heavy atom. The second kappa shape index (κ2) is 6.91. The highest BCUT2D eigenvalue weighted by Crippen LogP contribution is 2.28. The summed E-state index contributed by atoms with van der Waals surface area (Å²) in [5.41, 5.74) is 0. The van der Waals surface area contributed by atoms with Crippen LogP contribution in [0, 0.1) is 5.82 Å². The van der Waals surface area contributed by atoms with Gasteiger partial charge in [0.15, 0.2) is 0 Å². The maximum absolute atomic E-state index is 13.4. The summed E-state index contributed by atoms with van der Waals surface area (Å²) < 4.78 is 45.1. The summed E-state index contributed by atoms with van der Waals surface area (Å²) in [7, 11) is -2.45. The Labute approximate surface area is 130 Å². The van der Waals surface area contributed by atoms with Crippen LogP contribution in [-0.2, 0) is 10.0 Å². The molecule has 8 heteroatoms. The summed E-state index contributed by atoms with van der Waals surface area (Å²) in [4.78, 5) is 1.85. The van der Waals surface area contributed by atoms with Gasteiger partial charge in [-0.25, -0.2) is 12.8 Å². The number of hydrogen-bond donors (Lipinski definition) is 1. The normalized spacial score (nSPS) is 19.1. The van der Waals surface area contributed by atoms with Crippen LogP contribution in [0.4, 0.5) is 4.39 Å². The highest BCUT2D eigenvalue weighted by atomic mass is 32.2. The molecule has 0 radical (unpaired) electrons. The monoisotopic (exact) mass is 332 g/mol.